The van der Waals surface area contributed by atoms with Crippen molar-refractivity contribution in [2.75, 3.05) is 5.32 Å². The number of thiocarbonyl (C=S) groups is 1. The van der Waals surface area contributed by atoms with Gasteiger partial charge in [0, 0.05) is 29.1 Å². The third-order valence-corrected chi connectivity index (χ3v) is 5.29. The minimum absolute atomic E-state index is 0.150. The third kappa shape index (κ3) is 5.64. The van der Waals surface area contributed by atoms with E-state index in [9.17, 15) is 0 Å². The molecule has 0 amide bonds. The van der Waals surface area contributed by atoms with Crippen molar-refractivity contribution < 1.29 is 0 Å². The van der Waals surface area contributed by atoms with Crippen LogP contribution in [-0.4, -0.2) is 4.86 Å². The van der Waals surface area contributed by atoms with Crippen LogP contribution in [0, 0.1) is 6.92 Å². The lowest BCUT2D eigenvalue weighted by atomic mass is 9.88. The second-order valence-corrected chi connectivity index (χ2v) is 7.68. The second kappa shape index (κ2) is 10.0. The molecular weight excluding hydrogens is 358 g/mol. The Balaban J connectivity index is 2.15. The maximum Gasteiger partial charge on any atom is 0.0382 e. The van der Waals surface area contributed by atoms with Crippen LogP contribution in [0.1, 0.15) is 42.9 Å². The minimum Gasteiger partial charge on any atom is -0.361 e. The molecular formula is C26H29NS. The summed E-state index contributed by atoms with van der Waals surface area (Å²) in [6.45, 7) is 18.5. The van der Waals surface area contributed by atoms with Gasteiger partial charge in [0.15, 0.2) is 0 Å². The molecule has 1 unspecified atom stereocenters. The van der Waals surface area contributed by atoms with Crippen molar-refractivity contribution in [1.29, 1.82) is 0 Å². The first-order valence-electron chi connectivity index (χ1n) is 9.45. The lowest BCUT2D eigenvalue weighted by Gasteiger charge is -2.19. The molecule has 2 aromatic carbocycles. The summed E-state index contributed by atoms with van der Waals surface area (Å²) in [6, 6.07) is 16.5. The smallest absolute Gasteiger partial charge is 0.0382 e. The molecule has 0 saturated carbocycles. The standard InChI is InChI=1S/C26H29NS/c1-7-22-12-8-9-14-24(22)21(6)26(28)16-20(5)25(18(2)3)17-27-23-13-10-11-19(4)15-23/h7-15,17,21,27H,1-2,5,16H2,3-4,6H3/b25-17+. The molecule has 0 heterocycles. The van der Waals surface area contributed by atoms with E-state index in [1.165, 1.54) is 11.1 Å². The first-order valence-corrected chi connectivity index (χ1v) is 9.85. The van der Waals surface area contributed by atoms with E-state index >= 15 is 0 Å². The fourth-order valence-corrected chi connectivity index (χ4v) is 3.44. The SMILES string of the molecule is C=Cc1ccccc1C(C)C(=S)CC(=C)/C(=C/Nc1cccc(C)c1)C(=C)C. The Labute approximate surface area is 175 Å². The Morgan fingerprint density at radius 1 is 1.14 bits per heavy atom. The zero-order chi connectivity index (χ0) is 20.7. The highest BCUT2D eigenvalue weighted by atomic mass is 32.1. The van der Waals surface area contributed by atoms with Crippen LogP contribution < -0.4 is 5.32 Å². The van der Waals surface area contributed by atoms with Crippen molar-refractivity contribution in [3.05, 3.63) is 108 Å². The van der Waals surface area contributed by atoms with E-state index in [2.05, 4.69) is 63.2 Å². The number of nitrogens with one attached hydrogen (secondary N) is 1. The van der Waals surface area contributed by atoms with Crippen LogP contribution in [0.15, 0.2) is 91.2 Å². The Bertz CT molecular complexity index is 933. The van der Waals surface area contributed by atoms with Crippen molar-refractivity contribution in [2.24, 2.45) is 0 Å². The van der Waals surface area contributed by atoms with Gasteiger partial charge in [-0.25, -0.2) is 0 Å². The van der Waals surface area contributed by atoms with Gasteiger partial charge in [0.2, 0.25) is 0 Å². The first-order chi connectivity index (χ1) is 13.3. The molecule has 0 aliphatic heterocycles. The molecule has 0 radical (unpaired) electrons. The summed E-state index contributed by atoms with van der Waals surface area (Å²) in [6.07, 6.45) is 4.51. The van der Waals surface area contributed by atoms with Crippen LogP contribution in [0.25, 0.3) is 6.08 Å². The van der Waals surface area contributed by atoms with E-state index in [1.54, 1.807) is 0 Å². The molecule has 2 rings (SSSR count). The summed E-state index contributed by atoms with van der Waals surface area (Å²) in [5.41, 5.74) is 7.53. The highest BCUT2D eigenvalue weighted by Gasteiger charge is 2.16. The normalized spacial score (nSPS) is 12.2. The number of hydrogen-bond acceptors (Lipinski definition) is 2. The molecule has 0 bridgehead atoms. The van der Waals surface area contributed by atoms with Gasteiger partial charge in [-0.2, -0.15) is 0 Å². The number of rotatable bonds is 9. The van der Waals surface area contributed by atoms with Crippen LogP contribution in [-0.2, 0) is 0 Å². The topological polar surface area (TPSA) is 12.0 Å². The zero-order valence-electron chi connectivity index (χ0n) is 17.1. The van der Waals surface area contributed by atoms with Crippen LogP contribution >= 0.6 is 12.2 Å². The van der Waals surface area contributed by atoms with Crippen molar-refractivity contribution in [1.82, 2.24) is 0 Å². The van der Waals surface area contributed by atoms with Gasteiger partial charge in [-0.3, -0.25) is 0 Å². The van der Waals surface area contributed by atoms with Gasteiger partial charge in [-0.1, -0.05) is 81.4 Å². The number of benzene rings is 2. The summed E-state index contributed by atoms with van der Waals surface area (Å²) in [4.78, 5) is 0.960. The average molecular weight is 388 g/mol. The van der Waals surface area contributed by atoms with Gasteiger partial charge in [0.25, 0.3) is 0 Å². The molecule has 0 fully saturated rings. The Morgan fingerprint density at radius 2 is 1.86 bits per heavy atom. The van der Waals surface area contributed by atoms with Crippen molar-refractivity contribution >= 4 is 28.8 Å². The van der Waals surface area contributed by atoms with Crippen LogP contribution in [0.4, 0.5) is 5.69 Å². The fraction of sp³-hybridized carbons (Fsp3) is 0.192. The summed E-state index contributed by atoms with van der Waals surface area (Å²) >= 11 is 5.77. The molecule has 0 spiro atoms. The average Bonchev–Trinajstić information content (AvgIpc) is 2.67. The lowest BCUT2D eigenvalue weighted by molar-refractivity contribution is 1.01. The van der Waals surface area contributed by atoms with E-state index in [0.29, 0.717) is 6.42 Å². The summed E-state index contributed by atoms with van der Waals surface area (Å²) in [5, 5.41) is 3.36. The van der Waals surface area contributed by atoms with Crippen molar-refractivity contribution in [3.8, 4) is 0 Å². The van der Waals surface area contributed by atoms with E-state index in [1.807, 2.05) is 43.5 Å². The Morgan fingerprint density at radius 3 is 2.50 bits per heavy atom. The summed E-state index contributed by atoms with van der Waals surface area (Å²) in [5.74, 6) is 0.150. The van der Waals surface area contributed by atoms with E-state index in [4.69, 9.17) is 12.2 Å². The lowest BCUT2D eigenvalue weighted by Crippen LogP contribution is -2.10. The molecule has 0 aliphatic rings. The monoisotopic (exact) mass is 387 g/mol. The molecule has 0 aromatic heterocycles. The zero-order valence-corrected chi connectivity index (χ0v) is 17.9. The van der Waals surface area contributed by atoms with Crippen molar-refractivity contribution in [2.45, 2.75) is 33.1 Å². The maximum absolute atomic E-state index is 5.77. The van der Waals surface area contributed by atoms with Gasteiger partial charge in [-0.05, 0) is 59.4 Å². The van der Waals surface area contributed by atoms with Gasteiger partial charge in [0.05, 0.1) is 0 Å². The molecule has 1 nitrogen and oxygen atoms in total. The number of hydrogen-bond donors (Lipinski definition) is 1. The fourth-order valence-electron chi connectivity index (χ4n) is 3.14. The van der Waals surface area contributed by atoms with E-state index < -0.39 is 0 Å². The molecule has 144 valence electrons. The predicted octanol–water partition coefficient (Wildman–Crippen LogP) is 7.63. The molecule has 0 saturated heterocycles. The Kier molecular flexibility index (Phi) is 7.71. The first kappa shape index (κ1) is 21.6. The summed E-state index contributed by atoms with van der Waals surface area (Å²) in [7, 11) is 0. The van der Waals surface area contributed by atoms with E-state index in [-0.39, 0.29) is 5.92 Å². The molecule has 2 heteroatoms. The van der Waals surface area contributed by atoms with Crippen LogP contribution in [0.3, 0.4) is 0 Å². The number of anilines is 1. The maximum atomic E-state index is 5.77. The number of aryl methyl sites for hydroxylation is 1. The molecule has 1 N–H and O–H groups in total. The molecule has 0 aliphatic carbocycles. The molecule has 2 aromatic rings. The third-order valence-electron chi connectivity index (χ3n) is 4.79. The van der Waals surface area contributed by atoms with Gasteiger partial charge < -0.3 is 5.32 Å². The highest BCUT2D eigenvalue weighted by molar-refractivity contribution is 7.80. The quantitative estimate of drug-likeness (QED) is 0.350. The number of allylic oxidation sites excluding steroid dienone is 3. The molecule has 1 atom stereocenters. The highest BCUT2D eigenvalue weighted by Crippen LogP contribution is 2.28. The predicted molar refractivity (Wildman–Crippen MR) is 129 cm³/mol. The van der Waals surface area contributed by atoms with Gasteiger partial charge in [0.1, 0.15) is 0 Å². The van der Waals surface area contributed by atoms with Crippen LogP contribution in [0.2, 0.25) is 0 Å². The second-order valence-electron chi connectivity index (χ2n) is 7.15. The van der Waals surface area contributed by atoms with E-state index in [0.717, 1.165) is 32.8 Å². The van der Waals surface area contributed by atoms with Gasteiger partial charge >= 0.3 is 0 Å². The molecule has 28 heavy (non-hydrogen) atoms. The van der Waals surface area contributed by atoms with Crippen molar-refractivity contribution in [3.63, 3.8) is 0 Å². The van der Waals surface area contributed by atoms with Gasteiger partial charge in [-0.15, -0.1) is 0 Å². The minimum atomic E-state index is 0.150. The Hall–Kier alpha value is -2.71. The largest absolute Gasteiger partial charge is 0.361 e. The van der Waals surface area contributed by atoms with Crippen LogP contribution in [0.5, 0.6) is 0 Å². The summed E-state index contributed by atoms with van der Waals surface area (Å²) < 4.78 is 0.